The van der Waals surface area contributed by atoms with Crippen LogP contribution in [0.1, 0.15) is 35.9 Å². The quantitative estimate of drug-likeness (QED) is 0.615. The lowest BCUT2D eigenvalue weighted by Crippen LogP contribution is -2.52. The van der Waals surface area contributed by atoms with E-state index in [0.717, 1.165) is 61.8 Å². The molecule has 27 heavy (non-hydrogen) atoms. The standard InChI is InChI=1S/C18H28N8O/c1-13-10-16(23-27-13)12-25-6-8-26(9-7-25)18(20-15-4-5-15)19-11-17-22-21-14(2)24(17)3/h10,15H,4-9,11-12H2,1-3H3,(H,19,20). The molecular formula is C18H28N8O. The molecule has 9 nitrogen and oxygen atoms in total. The molecule has 0 unspecified atom stereocenters. The predicted octanol–water partition coefficient (Wildman–Crippen LogP) is 0.846. The summed E-state index contributed by atoms with van der Waals surface area (Å²) in [5.74, 6) is 3.66. The molecule has 2 aliphatic rings. The predicted molar refractivity (Wildman–Crippen MR) is 101 cm³/mol. The third-order valence-electron chi connectivity index (χ3n) is 5.20. The lowest BCUT2D eigenvalue weighted by Gasteiger charge is -2.36. The van der Waals surface area contributed by atoms with Crippen molar-refractivity contribution in [1.82, 2.24) is 35.0 Å². The molecular weight excluding hydrogens is 344 g/mol. The van der Waals surface area contributed by atoms with Gasteiger partial charge in [0.15, 0.2) is 11.8 Å². The highest BCUT2D eigenvalue weighted by Crippen LogP contribution is 2.19. The van der Waals surface area contributed by atoms with Crippen LogP contribution in [-0.2, 0) is 20.1 Å². The van der Waals surface area contributed by atoms with Crippen LogP contribution in [0.25, 0.3) is 0 Å². The van der Waals surface area contributed by atoms with Crippen LogP contribution in [0.5, 0.6) is 0 Å². The summed E-state index contributed by atoms with van der Waals surface area (Å²) in [6.07, 6.45) is 2.46. The first kappa shape index (κ1) is 18.0. The molecule has 2 fully saturated rings. The van der Waals surface area contributed by atoms with Gasteiger partial charge in [0.05, 0.1) is 5.69 Å². The van der Waals surface area contributed by atoms with E-state index in [2.05, 4.69) is 30.5 Å². The van der Waals surface area contributed by atoms with Crippen LogP contribution in [0.2, 0.25) is 0 Å². The lowest BCUT2D eigenvalue weighted by molar-refractivity contribution is 0.168. The topological polar surface area (TPSA) is 87.6 Å². The Kier molecular flexibility index (Phi) is 5.11. The Morgan fingerprint density at radius 1 is 1.22 bits per heavy atom. The van der Waals surface area contributed by atoms with Crippen molar-refractivity contribution in [3.05, 3.63) is 29.2 Å². The summed E-state index contributed by atoms with van der Waals surface area (Å²) >= 11 is 0. The molecule has 2 aromatic rings. The van der Waals surface area contributed by atoms with Crippen molar-refractivity contribution in [1.29, 1.82) is 0 Å². The van der Waals surface area contributed by atoms with Gasteiger partial charge in [-0.1, -0.05) is 5.16 Å². The van der Waals surface area contributed by atoms with E-state index in [0.29, 0.717) is 12.6 Å². The van der Waals surface area contributed by atoms with Gasteiger partial charge in [-0.25, -0.2) is 4.99 Å². The van der Waals surface area contributed by atoms with Gasteiger partial charge in [-0.2, -0.15) is 0 Å². The minimum absolute atomic E-state index is 0.546. The molecule has 0 spiro atoms. The SMILES string of the molecule is Cc1cc(CN2CCN(C(=NCc3nnc(C)n3C)NC3CC3)CC2)no1. The maximum Gasteiger partial charge on any atom is 0.194 e. The third-order valence-corrected chi connectivity index (χ3v) is 5.20. The molecule has 0 aromatic carbocycles. The van der Waals surface area contributed by atoms with Crippen molar-refractivity contribution in [3.63, 3.8) is 0 Å². The lowest BCUT2D eigenvalue weighted by atomic mass is 10.3. The van der Waals surface area contributed by atoms with Crippen LogP contribution < -0.4 is 5.32 Å². The number of aliphatic imine (C=N–C) groups is 1. The van der Waals surface area contributed by atoms with Crippen molar-refractivity contribution in [2.24, 2.45) is 12.0 Å². The summed E-state index contributed by atoms with van der Waals surface area (Å²) in [6.45, 7) is 9.15. The molecule has 0 amide bonds. The summed E-state index contributed by atoms with van der Waals surface area (Å²) in [7, 11) is 1.98. The number of nitrogens with one attached hydrogen (secondary N) is 1. The van der Waals surface area contributed by atoms with Crippen LogP contribution in [0, 0.1) is 13.8 Å². The van der Waals surface area contributed by atoms with E-state index < -0.39 is 0 Å². The van der Waals surface area contributed by atoms with Crippen LogP contribution in [0.4, 0.5) is 0 Å². The molecule has 1 aliphatic carbocycles. The zero-order chi connectivity index (χ0) is 18.8. The number of rotatable bonds is 5. The maximum absolute atomic E-state index is 5.17. The molecule has 3 heterocycles. The highest BCUT2D eigenvalue weighted by molar-refractivity contribution is 5.80. The fraction of sp³-hybridized carbons (Fsp3) is 0.667. The molecule has 1 saturated heterocycles. The summed E-state index contributed by atoms with van der Waals surface area (Å²) in [6, 6.07) is 2.58. The fourth-order valence-electron chi connectivity index (χ4n) is 3.22. The van der Waals surface area contributed by atoms with Gasteiger partial charge >= 0.3 is 0 Å². The van der Waals surface area contributed by atoms with E-state index in [1.165, 1.54) is 12.8 Å². The van der Waals surface area contributed by atoms with Crippen molar-refractivity contribution < 1.29 is 4.52 Å². The van der Waals surface area contributed by atoms with Gasteiger partial charge in [-0.3, -0.25) is 4.90 Å². The van der Waals surface area contributed by atoms with Crippen molar-refractivity contribution >= 4 is 5.96 Å². The minimum atomic E-state index is 0.546. The van der Waals surface area contributed by atoms with E-state index in [4.69, 9.17) is 9.52 Å². The maximum atomic E-state index is 5.17. The first-order valence-corrected chi connectivity index (χ1v) is 9.64. The van der Waals surface area contributed by atoms with Gasteiger partial charge in [0, 0.05) is 51.9 Å². The highest BCUT2D eigenvalue weighted by Gasteiger charge is 2.27. The van der Waals surface area contributed by atoms with Crippen LogP contribution >= 0.6 is 0 Å². The van der Waals surface area contributed by atoms with Gasteiger partial charge in [-0.15, -0.1) is 10.2 Å². The minimum Gasteiger partial charge on any atom is -0.361 e. The largest absolute Gasteiger partial charge is 0.361 e. The highest BCUT2D eigenvalue weighted by atomic mass is 16.5. The second-order valence-electron chi connectivity index (χ2n) is 7.47. The molecule has 0 radical (unpaired) electrons. The third kappa shape index (κ3) is 4.47. The summed E-state index contributed by atoms with van der Waals surface area (Å²) in [5.41, 5.74) is 1.00. The zero-order valence-corrected chi connectivity index (χ0v) is 16.4. The number of hydrogen-bond donors (Lipinski definition) is 1. The molecule has 0 bridgehead atoms. The van der Waals surface area contributed by atoms with E-state index in [1.807, 2.05) is 31.5 Å². The molecule has 4 rings (SSSR count). The molecule has 1 aliphatic heterocycles. The van der Waals surface area contributed by atoms with Crippen molar-refractivity contribution in [2.75, 3.05) is 26.2 Å². The Labute approximate surface area is 159 Å². The first-order valence-electron chi connectivity index (χ1n) is 9.64. The Bertz CT molecular complexity index is 798. The summed E-state index contributed by atoms with van der Waals surface area (Å²) in [5, 5.41) is 16.0. The first-order chi connectivity index (χ1) is 13.1. The Morgan fingerprint density at radius 2 is 2.00 bits per heavy atom. The van der Waals surface area contributed by atoms with Gasteiger partial charge in [0.25, 0.3) is 0 Å². The second kappa shape index (κ2) is 7.67. The normalized spacial score (nSPS) is 18.9. The molecule has 0 atom stereocenters. The monoisotopic (exact) mass is 372 g/mol. The number of aromatic nitrogens is 4. The molecule has 9 heteroatoms. The average molecular weight is 372 g/mol. The van der Waals surface area contributed by atoms with Gasteiger partial charge < -0.3 is 19.3 Å². The Balaban J connectivity index is 1.36. The van der Waals surface area contributed by atoms with Crippen molar-refractivity contribution in [3.8, 4) is 0 Å². The van der Waals surface area contributed by atoms with Crippen LogP contribution in [-0.4, -0.2) is 67.9 Å². The van der Waals surface area contributed by atoms with Crippen LogP contribution in [0.3, 0.4) is 0 Å². The number of aryl methyl sites for hydroxylation is 2. The van der Waals surface area contributed by atoms with E-state index in [-0.39, 0.29) is 0 Å². The molecule has 146 valence electrons. The average Bonchev–Trinajstić information content (AvgIpc) is 3.31. The zero-order valence-electron chi connectivity index (χ0n) is 16.4. The van der Waals surface area contributed by atoms with Gasteiger partial charge in [0.1, 0.15) is 18.1 Å². The Morgan fingerprint density at radius 3 is 2.59 bits per heavy atom. The van der Waals surface area contributed by atoms with Crippen molar-refractivity contribution in [2.45, 2.75) is 45.8 Å². The molecule has 2 aromatic heterocycles. The summed E-state index contributed by atoms with van der Waals surface area (Å²) in [4.78, 5) is 9.61. The molecule has 1 saturated carbocycles. The van der Waals surface area contributed by atoms with Gasteiger partial charge in [0.2, 0.25) is 0 Å². The number of guanidine groups is 1. The summed E-state index contributed by atoms with van der Waals surface area (Å²) < 4.78 is 7.17. The van der Waals surface area contributed by atoms with Crippen LogP contribution in [0.15, 0.2) is 15.6 Å². The fourth-order valence-corrected chi connectivity index (χ4v) is 3.22. The number of nitrogens with zero attached hydrogens (tertiary/aromatic N) is 7. The van der Waals surface area contributed by atoms with E-state index >= 15 is 0 Å². The Hall–Kier alpha value is -2.42. The van der Waals surface area contributed by atoms with E-state index in [1.54, 1.807) is 0 Å². The smallest absolute Gasteiger partial charge is 0.194 e. The second-order valence-corrected chi connectivity index (χ2v) is 7.47. The number of hydrogen-bond acceptors (Lipinski definition) is 6. The number of piperazine rings is 1. The molecule has 1 N–H and O–H groups in total. The van der Waals surface area contributed by atoms with Gasteiger partial charge in [-0.05, 0) is 26.7 Å². The van der Waals surface area contributed by atoms with E-state index in [9.17, 15) is 0 Å².